The van der Waals surface area contributed by atoms with Gasteiger partial charge in [-0.3, -0.25) is 14.3 Å². The molecule has 2 aromatic rings. The molecule has 128 valence electrons. The zero-order chi connectivity index (χ0) is 16.9. The Hall–Kier alpha value is -2.15. The van der Waals surface area contributed by atoms with Gasteiger partial charge < -0.3 is 10.2 Å². The van der Waals surface area contributed by atoms with E-state index in [1.54, 1.807) is 22.2 Å². The lowest BCUT2D eigenvalue weighted by Crippen LogP contribution is -2.42. The minimum Gasteiger partial charge on any atom is -0.342 e. The standard InChI is InChI=1S/C17H22N4O2S/c1-2-21-12-14(11-18-21)19-17(23)13-5-7-20(8-6-13)16(22)10-15-4-3-9-24-15/h3-4,9,11-13H,2,5-8,10H2,1H3,(H,19,23). The van der Waals surface area contributed by atoms with Gasteiger partial charge in [0.15, 0.2) is 0 Å². The van der Waals surface area contributed by atoms with E-state index in [0.29, 0.717) is 32.4 Å². The van der Waals surface area contributed by atoms with E-state index in [4.69, 9.17) is 0 Å². The Bertz CT molecular complexity index is 687. The Labute approximate surface area is 145 Å². The van der Waals surface area contributed by atoms with Crippen molar-refractivity contribution in [2.24, 2.45) is 5.92 Å². The fourth-order valence-electron chi connectivity index (χ4n) is 2.91. The summed E-state index contributed by atoms with van der Waals surface area (Å²) in [6, 6.07) is 3.95. The highest BCUT2D eigenvalue weighted by atomic mass is 32.1. The third-order valence-electron chi connectivity index (χ3n) is 4.35. The fraction of sp³-hybridized carbons (Fsp3) is 0.471. The zero-order valence-electron chi connectivity index (χ0n) is 13.8. The number of hydrogen-bond acceptors (Lipinski definition) is 4. The van der Waals surface area contributed by atoms with Gasteiger partial charge in [-0.2, -0.15) is 5.10 Å². The normalized spacial score (nSPS) is 15.5. The lowest BCUT2D eigenvalue weighted by atomic mass is 9.95. The molecule has 1 N–H and O–H groups in total. The van der Waals surface area contributed by atoms with Gasteiger partial charge in [-0.05, 0) is 31.2 Å². The molecule has 1 saturated heterocycles. The molecule has 1 aliphatic heterocycles. The highest BCUT2D eigenvalue weighted by Crippen LogP contribution is 2.21. The van der Waals surface area contributed by atoms with Crippen molar-refractivity contribution in [2.45, 2.75) is 32.7 Å². The molecule has 0 radical (unpaired) electrons. The maximum atomic E-state index is 12.3. The van der Waals surface area contributed by atoms with Crippen LogP contribution in [0.1, 0.15) is 24.6 Å². The van der Waals surface area contributed by atoms with Gasteiger partial charge in [0.05, 0.1) is 18.3 Å². The number of aromatic nitrogens is 2. The second-order valence-corrected chi connectivity index (χ2v) is 7.02. The van der Waals surface area contributed by atoms with Crippen LogP contribution in [0.2, 0.25) is 0 Å². The summed E-state index contributed by atoms with van der Waals surface area (Å²) in [5.41, 5.74) is 0.734. The molecule has 2 amide bonds. The number of thiophene rings is 1. The Morgan fingerprint density at radius 3 is 2.79 bits per heavy atom. The van der Waals surface area contributed by atoms with Crippen molar-refractivity contribution < 1.29 is 9.59 Å². The van der Waals surface area contributed by atoms with Gasteiger partial charge in [-0.1, -0.05) is 6.07 Å². The van der Waals surface area contributed by atoms with Crippen molar-refractivity contribution in [3.8, 4) is 0 Å². The molecular weight excluding hydrogens is 324 g/mol. The maximum absolute atomic E-state index is 12.3. The summed E-state index contributed by atoms with van der Waals surface area (Å²) in [6.07, 6.45) is 5.39. The van der Waals surface area contributed by atoms with E-state index in [2.05, 4.69) is 10.4 Å². The van der Waals surface area contributed by atoms with E-state index >= 15 is 0 Å². The van der Waals surface area contributed by atoms with Gasteiger partial charge in [0.1, 0.15) is 0 Å². The van der Waals surface area contributed by atoms with Gasteiger partial charge in [-0.15, -0.1) is 11.3 Å². The lowest BCUT2D eigenvalue weighted by Gasteiger charge is -2.31. The molecule has 0 aliphatic carbocycles. The molecule has 1 fully saturated rings. The van der Waals surface area contributed by atoms with Crippen LogP contribution >= 0.6 is 11.3 Å². The quantitative estimate of drug-likeness (QED) is 0.904. The van der Waals surface area contributed by atoms with Gasteiger partial charge in [0.25, 0.3) is 0 Å². The molecule has 1 aliphatic rings. The van der Waals surface area contributed by atoms with Crippen molar-refractivity contribution in [3.05, 3.63) is 34.8 Å². The average Bonchev–Trinajstić information content (AvgIpc) is 3.26. The number of likely N-dealkylation sites (tertiary alicyclic amines) is 1. The van der Waals surface area contributed by atoms with Crippen LogP contribution in [0, 0.1) is 5.92 Å². The predicted octanol–water partition coefficient (Wildman–Crippen LogP) is 2.38. The number of aryl methyl sites for hydroxylation is 1. The second kappa shape index (κ2) is 7.61. The van der Waals surface area contributed by atoms with E-state index in [-0.39, 0.29) is 17.7 Å². The number of amides is 2. The Kier molecular flexibility index (Phi) is 5.30. The molecule has 3 rings (SSSR count). The lowest BCUT2D eigenvalue weighted by molar-refractivity contribution is -0.133. The molecule has 0 spiro atoms. The average molecular weight is 346 g/mol. The molecule has 3 heterocycles. The molecular formula is C17H22N4O2S. The highest BCUT2D eigenvalue weighted by molar-refractivity contribution is 7.10. The summed E-state index contributed by atoms with van der Waals surface area (Å²) in [6.45, 7) is 4.08. The van der Waals surface area contributed by atoms with Crippen LogP contribution in [0.3, 0.4) is 0 Å². The van der Waals surface area contributed by atoms with Crippen molar-refractivity contribution >= 4 is 28.8 Å². The number of nitrogens with one attached hydrogen (secondary N) is 1. The smallest absolute Gasteiger partial charge is 0.227 e. The molecule has 24 heavy (non-hydrogen) atoms. The highest BCUT2D eigenvalue weighted by Gasteiger charge is 2.27. The van der Waals surface area contributed by atoms with Crippen LogP contribution in [0.5, 0.6) is 0 Å². The van der Waals surface area contributed by atoms with Gasteiger partial charge in [0, 0.05) is 36.6 Å². The molecule has 0 saturated carbocycles. The minimum atomic E-state index is -0.0410. The van der Waals surface area contributed by atoms with E-state index < -0.39 is 0 Å². The third kappa shape index (κ3) is 4.03. The van der Waals surface area contributed by atoms with Crippen molar-refractivity contribution in [2.75, 3.05) is 18.4 Å². The molecule has 7 heteroatoms. The zero-order valence-corrected chi connectivity index (χ0v) is 14.6. The largest absolute Gasteiger partial charge is 0.342 e. The summed E-state index contributed by atoms with van der Waals surface area (Å²) < 4.78 is 1.78. The van der Waals surface area contributed by atoms with Crippen LogP contribution < -0.4 is 5.32 Å². The van der Waals surface area contributed by atoms with E-state index in [0.717, 1.165) is 17.1 Å². The van der Waals surface area contributed by atoms with Crippen molar-refractivity contribution in [1.29, 1.82) is 0 Å². The topological polar surface area (TPSA) is 67.2 Å². The number of anilines is 1. The van der Waals surface area contributed by atoms with Gasteiger partial charge in [-0.25, -0.2) is 0 Å². The monoisotopic (exact) mass is 346 g/mol. The summed E-state index contributed by atoms with van der Waals surface area (Å²) in [7, 11) is 0. The van der Waals surface area contributed by atoms with Crippen LogP contribution in [-0.2, 0) is 22.6 Å². The van der Waals surface area contributed by atoms with Crippen LogP contribution in [-0.4, -0.2) is 39.6 Å². The SMILES string of the molecule is CCn1cc(NC(=O)C2CCN(C(=O)Cc3cccs3)CC2)cn1. The first-order chi connectivity index (χ1) is 11.7. The first-order valence-corrected chi connectivity index (χ1v) is 9.17. The molecule has 6 nitrogen and oxygen atoms in total. The second-order valence-electron chi connectivity index (χ2n) is 5.99. The Morgan fingerprint density at radius 2 is 2.17 bits per heavy atom. The number of piperidine rings is 1. The molecule has 0 aromatic carbocycles. The molecule has 0 bridgehead atoms. The number of nitrogens with zero attached hydrogens (tertiary/aromatic N) is 3. The first-order valence-electron chi connectivity index (χ1n) is 8.29. The molecule has 0 atom stereocenters. The Balaban J connectivity index is 1.47. The number of rotatable bonds is 5. The summed E-state index contributed by atoms with van der Waals surface area (Å²) in [5.74, 6) is 0.136. The van der Waals surface area contributed by atoms with Crippen LogP contribution in [0.25, 0.3) is 0 Å². The molecule has 0 unspecified atom stereocenters. The van der Waals surface area contributed by atoms with Gasteiger partial charge in [0.2, 0.25) is 11.8 Å². The summed E-state index contributed by atoms with van der Waals surface area (Å²) in [5, 5.41) is 9.06. The van der Waals surface area contributed by atoms with Gasteiger partial charge >= 0.3 is 0 Å². The summed E-state index contributed by atoms with van der Waals surface area (Å²) >= 11 is 1.61. The van der Waals surface area contributed by atoms with E-state index in [1.807, 2.05) is 35.5 Å². The van der Waals surface area contributed by atoms with Crippen molar-refractivity contribution in [3.63, 3.8) is 0 Å². The number of hydrogen-bond donors (Lipinski definition) is 1. The Morgan fingerprint density at radius 1 is 1.38 bits per heavy atom. The van der Waals surface area contributed by atoms with E-state index in [9.17, 15) is 9.59 Å². The van der Waals surface area contributed by atoms with Crippen LogP contribution in [0.4, 0.5) is 5.69 Å². The number of carbonyl (C=O) groups is 2. The summed E-state index contributed by atoms with van der Waals surface area (Å²) in [4.78, 5) is 27.6. The van der Waals surface area contributed by atoms with E-state index in [1.165, 1.54) is 0 Å². The fourth-order valence-corrected chi connectivity index (χ4v) is 3.61. The number of carbonyl (C=O) groups excluding carboxylic acids is 2. The molecule has 2 aromatic heterocycles. The maximum Gasteiger partial charge on any atom is 0.227 e. The minimum absolute atomic E-state index is 0.0241. The van der Waals surface area contributed by atoms with Crippen LogP contribution in [0.15, 0.2) is 29.9 Å². The van der Waals surface area contributed by atoms with Crippen molar-refractivity contribution in [1.82, 2.24) is 14.7 Å². The predicted molar refractivity (Wildman–Crippen MR) is 93.9 cm³/mol. The first kappa shape index (κ1) is 16.7. The third-order valence-corrected chi connectivity index (χ3v) is 5.23.